The zero-order valence-corrected chi connectivity index (χ0v) is 19.5. The van der Waals surface area contributed by atoms with Crippen molar-refractivity contribution < 1.29 is 23.0 Å². The second-order valence-corrected chi connectivity index (χ2v) is 8.50. The number of allylic oxidation sites excluding steroid dienone is 1. The highest BCUT2D eigenvalue weighted by Gasteiger charge is 2.40. The Morgan fingerprint density at radius 3 is 2.66 bits per heavy atom. The number of benzene rings is 3. The van der Waals surface area contributed by atoms with E-state index in [4.69, 9.17) is 21.0 Å². The van der Waals surface area contributed by atoms with Gasteiger partial charge in [-0.3, -0.25) is 0 Å². The first-order valence-corrected chi connectivity index (χ1v) is 11.7. The van der Waals surface area contributed by atoms with Crippen LogP contribution in [0.4, 0.5) is 8.78 Å². The Kier molecular flexibility index (Phi) is 5.73. The van der Waals surface area contributed by atoms with Gasteiger partial charge in [0.15, 0.2) is 5.70 Å². The van der Waals surface area contributed by atoms with Crippen LogP contribution in [0, 0.1) is 23.0 Å². The summed E-state index contributed by atoms with van der Waals surface area (Å²) in [5.74, 6) is -2.76. The van der Waals surface area contributed by atoms with Crippen molar-refractivity contribution >= 4 is 46.2 Å². The number of carbonyl (C=O) groups is 1. The molecule has 0 fully saturated rings. The molecular formula is C25H14ClF2N3O3S. The highest BCUT2D eigenvalue weighted by atomic mass is 35.5. The molecule has 2 heterocycles. The van der Waals surface area contributed by atoms with E-state index in [0.717, 1.165) is 24.2 Å². The summed E-state index contributed by atoms with van der Waals surface area (Å²) in [7, 11) is 0. The van der Waals surface area contributed by atoms with Crippen LogP contribution in [0.1, 0.15) is 15.9 Å². The van der Waals surface area contributed by atoms with E-state index < -0.39 is 23.2 Å². The summed E-state index contributed by atoms with van der Waals surface area (Å²) in [6.45, 7) is 0. The van der Waals surface area contributed by atoms with Gasteiger partial charge in [0.1, 0.15) is 23.4 Å². The van der Waals surface area contributed by atoms with Crippen molar-refractivity contribution in [3.05, 3.63) is 88.1 Å². The van der Waals surface area contributed by atoms with Crippen molar-refractivity contribution in [3.63, 3.8) is 0 Å². The lowest BCUT2D eigenvalue weighted by atomic mass is 9.98. The third kappa shape index (κ3) is 3.91. The van der Waals surface area contributed by atoms with E-state index in [-0.39, 0.29) is 5.02 Å². The molecule has 0 unspecified atom stereocenters. The quantitative estimate of drug-likeness (QED) is 0.276. The number of aromatic amines is 1. The number of aromatic carboxylic acids is 1. The van der Waals surface area contributed by atoms with Gasteiger partial charge in [0, 0.05) is 45.4 Å². The minimum absolute atomic E-state index is 0.0797. The molecule has 2 N–H and O–H groups in total. The van der Waals surface area contributed by atoms with Gasteiger partial charge in [0.2, 0.25) is 0 Å². The molecule has 0 radical (unpaired) electrons. The van der Waals surface area contributed by atoms with Gasteiger partial charge >= 0.3 is 5.97 Å². The van der Waals surface area contributed by atoms with E-state index in [9.17, 15) is 18.8 Å². The number of hydrogen-bond donors (Lipinski definition) is 2. The number of nitrogens with one attached hydrogen (secondary N) is 1. The van der Waals surface area contributed by atoms with Crippen LogP contribution in [0.3, 0.4) is 0 Å². The molecule has 0 saturated heterocycles. The zero-order valence-electron chi connectivity index (χ0n) is 17.9. The Hall–Kier alpha value is -3.84. The molecule has 6 nitrogen and oxygen atoms in total. The van der Waals surface area contributed by atoms with Crippen molar-refractivity contribution in [2.24, 2.45) is 0 Å². The fraction of sp³-hybridized carbons (Fsp3) is 0.0400. The number of hydroxylamine groups is 2. The summed E-state index contributed by atoms with van der Waals surface area (Å²) in [5.41, 5.74) is 3.64. The maximum atomic E-state index is 14.4. The average molecular weight is 510 g/mol. The van der Waals surface area contributed by atoms with Crippen molar-refractivity contribution in [2.45, 2.75) is 0 Å². The van der Waals surface area contributed by atoms with Crippen LogP contribution < -0.4 is 0 Å². The highest BCUT2D eigenvalue weighted by Crippen LogP contribution is 2.48. The summed E-state index contributed by atoms with van der Waals surface area (Å²) in [6.07, 6.45) is 1.71. The summed E-state index contributed by atoms with van der Waals surface area (Å²) >= 11 is 7.36. The minimum Gasteiger partial charge on any atom is -0.478 e. The second-order valence-electron chi connectivity index (χ2n) is 7.61. The van der Waals surface area contributed by atoms with Crippen LogP contribution in [0.2, 0.25) is 5.02 Å². The number of carboxylic acid groups (broad SMARTS) is 1. The van der Waals surface area contributed by atoms with Gasteiger partial charge in [-0.2, -0.15) is 14.6 Å². The van der Waals surface area contributed by atoms with Gasteiger partial charge in [-0.15, -0.1) is 0 Å². The van der Waals surface area contributed by atoms with Crippen LogP contribution in [-0.4, -0.2) is 27.4 Å². The molecule has 174 valence electrons. The normalized spacial score (nSPS) is 12.8. The number of nitrogens with zero attached hydrogens (tertiary/aromatic N) is 2. The van der Waals surface area contributed by atoms with Gasteiger partial charge in [0.05, 0.1) is 11.3 Å². The first kappa shape index (κ1) is 22.9. The van der Waals surface area contributed by atoms with Crippen LogP contribution >= 0.6 is 23.6 Å². The average Bonchev–Trinajstić information content (AvgIpc) is 3.39. The minimum atomic E-state index is -1.41. The molecule has 0 aliphatic carbocycles. The van der Waals surface area contributed by atoms with E-state index >= 15 is 0 Å². The number of carboxylic acids is 1. The van der Waals surface area contributed by atoms with Crippen molar-refractivity contribution in [2.75, 3.05) is 6.26 Å². The summed E-state index contributed by atoms with van der Waals surface area (Å²) in [5, 5.41) is 20.7. The van der Waals surface area contributed by atoms with Gasteiger partial charge in [-0.25, -0.2) is 13.6 Å². The maximum Gasteiger partial charge on any atom is 0.338 e. The topological polar surface area (TPSA) is 89.1 Å². The summed E-state index contributed by atoms with van der Waals surface area (Å²) < 4.78 is 34.0. The number of fused-ring (bicyclic) bond motifs is 1. The summed E-state index contributed by atoms with van der Waals surface area (Å²) in [6, 6.07) is 15.6. The first-order valence-electron chi connectivity index (χ1n) is 10.1. The molecule has 1 aliphatic rings. The van der Waals surface area contributed by atoms with Crippen LogP contribution in [0.5, 0.6) is 0 Å². The van der Waals surface area contributed by atoms with Gasteiger partial charge in [0.25, 0.3) is 0 Å². The van der Waals surface area contributed by atoms with Gasteiger partial charge < -0.3 is 10.1 Å². The Labute approximate surface area is 207 Å². The molecule has 10 heteroatoms. The van der Waals surface area contributed by atoms with Gasteiger partial charge in [-0.05, 0) is 47.5 Å². The molecule has 0 saturated carbocycles. The fourth-order valence-electron chi connectivity index (χ4n) is 4.02. The van der Waals surface area contributed by atoms with Crippen molar-refractivity contribution in [3.8, 4) is 28.5 Å². The molecule has 0 atom stereocenters. The van der Waals surface area contributed by atoms with Gasteiger partial charge in [-0.1, -0.05) is 29.8 Å². The Morgan fingerprint density at radius 2 is 1.94 bits per heavy atom. The molecular weight excluding hydrogens is 496 g/mol. The van der Waals surface area contributed by atoms with E-state index in [1.165, 1.54) is 17.2 Å². The number of aromatic nitrogens is 1. The number of hydrogen-bond acceptors (Lipinski definition) is 5. The predicted molar refractivity (Wildman–Crippen MR) is 130 cm³/mol. The molecule has 35 heavy (non-hydrogen) atoms. The summed E-state index contributed by atoms with van der Waals surface area (Å²) in [4.78, 5) is 14.5. The third-order valence-corrected chi connectivity index (χ3v) is 6.19. The molecule has 1 aliphatic heterocycles. The van der Waals surface area contributed by atoms with E-state index in [1.54, 1.807) is 36.6 Å². The molecule has 1 aromatic heterocycles. The molecule has 0 bridgehead atoms. The number of rotatable bonds is 6. The Balaban J connectivity index is 1.69. The highest BCUT2D eigenvalue weighted by molar-refractivity contribution is 7.93. The number of H-pyrrole nitrogens is 1. The molecule has 0 spiro atoms. The monoisotopic (exact) mass is 509 g/mol. The molecule has 5 rings (SSSR count). The Morgan fingerprint density at radius 1 is 1.17 bits per heavy atom. The van der Waals surface area contributed by atoms with E-state index in [2.05, 4.69) is 11.1 Å². The largest absolute Gasteiger partial charge is 0.478 e. The lowest BCUT2D eigenvalue weighted by Crippen LogP contribution is -2.01. The van der Waals surface area contributed by atoms with Crippen LogP contribution in [0.25, 0.3) is 39.0 Å². The van der Waals surface area contributed by atoms with Crippen molar-refractivity contribution in [1.29, 1.82) is 5.26 Å². The van der Waals surface area contributed by atoms with E-state index in [1.807, 2.05) is 0 Å². The molecule has 4 aromatic rings. The van der Waals surface area contributed by atoms with Crippen LogP contribution in [-0.2, 0) is 4.28 Å². The maximum absolute atomic E-state index is 14.4. The Bertz CT molecular complexity index is 1610. The predicted octanol–water partition coefficient (Wildman–Crippen LogP) is 6.85. The zero-order chi connectivity index (χ0) is 24.9. The lowest BCUT2D eigenvalue weighted by Gasteiger charge is -2.10. The fourth-order valence-corrected chi connectivity index (χ4v) is 4.59. The molecule has 3 aromatic carbocycles. The SMILES string of the molecule is CSON1C(C#N)=C1c1c(-c2cccc(-c3cc(F)c(C(=O)O)cc3Cl)c2)[nH]c2ccc(F)cc12. The number of halogens is 3. The number of nitriles is 1. The van der Waals surface area contributed by atoms with E-state index in [0.29, 0.717) is 50.2 Å². The third-order valence-electron chi connectivity index (χ3n) is 5.58. The van der Waals surface area contributed by atoms with Crippen molar-refractivity contribution in [1.82, 2.24) is 10.0 Å². The second kappa shape index (κ2) is 8.74. The lowest BCUT2D eigenvalue weighted by molar-refractivity contribution is 0.0692. The smallest absolute Gasteiger partial charge is 0.338 e. The standard InChI is InChI=1S/C25H14ClF2N3O3S/c1-35-34-31-21(11-29)24(31)22-17-8-14(27)5-6-20(17)30-23(22)13-4-2-3-12(7-13)15-10-19(28)16(25(32)33)9-18(15)26/h2-10,30H,1H3,(H,32,33). The first-order chi connectivity index (χ1) is 16.8. The van der Waals surface area contributed by atoms with Crippen LogP contribution in [0.15, 0.2) is 60.3 Å². The molecule has 0 amide bonds.